The van der Waals surface area contributed by atoms with Gasteiger partial charge in [0.2, 0.25) is 0 Å². The summed E-state index contributed by atoms with van der Waals surface area (Å²) in [7, 11) is -3.12. The summed E-state index contributed by atoms with van der Waals surface area (Å²) in [5, 5.41) is 0. The number of nitrogens with zero attached hydrogens (tertiary/aromatic N) is 2. The molecule has 6 heteroatoms. The smallest absolute Gasteiger partial charge is 0.335 e. The zero-order valence-electron chi connectivity index (χ0n) is 13.9. The highest BCUT2D eigenvalue weighted by Gasteiger charge is 2.24. The van der Waals surface area contributed by atoms with Crippen molar-refractivity contribution in [2.24, 2.45) is 0 Å². The van der Waals surface area contributed by atoms with Crippen LogP contribution >= 0.6 is 7.60 Å². The van der Waals surface area contributed by atoms with E-state index in [0.29, 0.717) is 18.9 Å². The van der Waals surface area contributed by atoms with E-state index < -0.39 is 7.60 Å². The Morgan fingerprint density at radius 1 is 0.958 bits per heavy atom. The summed E-state index contributed by atoms with van der Waals surface area (Å²) in [5.74, 6) is 0. The molecular weight excluding hydrogens is 323 g/mol. The monoisotopic (exact) mass is 344 g/mol. The maximum atomic E-state index is 12.6. The Labute approximate surface area is 142 Å². The predicted molar refractivity (Wildman–Crippen MR) is 94.3 cm³/mol. The van der Waals surface area contributed by atoms with Crippen molar-refractivity contribution in [3.63, 3.8) is 0 Å². The minimum Gasteiger partial charge on any atom is -0.361 e. The number of hydrogen-bond donors (Lipinski definition) is 0. The standard InChI is InChI=1S/C18H21N2O3P/c1-3-22-24(21,23-4-2)14-15-10-12-17(13-11-15)18(20-19)16-8-6-5-7-9-16/h5-13H,3-4,14H2,1-2H3. The molecule has 0 amide bonds. The van der Waals surface area contributed by atoms with Crippen molar-refractivity contribution in [2.75, 3.05) is 13.2 Å². The van der Waals surface area contributed by atoms with Crippen molar-refractivity contribution >= 4 is 13.3 Å². The average Bonchev–Trinajstić information content (AvgIpc) is 2.58. The molecule has 24 heavy (non-hydrogen) atoms. The first kappa shape index (κ1) is 18.3. The van der Waals surface area contributed by atoms with Crippen LogP contribution in [-0.2, 0) is 19.8 Å². The lowest BCUT2D eigenvalue weighted by molar-refractivity contribution is -0.00279. The summed E-state index contributed by atoms with van der Waals surface area (Å²) in [5.41, 5.74) is 12.3. The zero-order valence-corrected chi connectivity index (χ0v) is 14.8. The molecule has 0 spiro atoms. The minimum atomic E-state index is -3.12. The molecule has 0 aliphatic heterocycles. The van der Waals surface area contributed by atoms with E-state index in [-0.39, 0.29) is 6.16 Å². The van der Waals surface area contributed by atoms with E-state index in [0.717, 1.165) is 16.7 Å². The summed E-state index contributed by atoms with van der Waals surface area (Å²) in [4.78, 5) is 3.40. The normalized spacial score (nSPS) is 11.1. The van der Waals surface area contributed by atoms with Gasteiger partial charge in [-0.15, -0.1) is 0 Å². The summed E-state index contributed by atoms with van der Waals surface area (Å²) in [6.45, 7) is 4.26. The van der Waals surface area contributed by atoms with Crippen molar-refractivity contribution in [1.29, 1.82) is 0 Å². The molecule has 126 valence electrons. The molecule has 0 N–H and O–H groups in total. The molecule has 0 saturated heterocycles. The molecule has 2 aromatic carbocycles. The second-order valence-corrected chi connectivity index (χ2v) is 7.17. The van der Waals surface area contributed by atoms with Crippen molar-refractivity contribution in [3.05, 3.63) is 76.8 Å². The van der Waals surface area contributed by atoms with Crippen LogP contribution in [0, 0.1) is 0 Å². The molecule has 0 heterocycles. The highest BCUT2D eigenvalue weighted by atomic mass is 31.2. The van der Waals surface area contributed by atoms with Crippen LogP contribution in [0.1, 0.15) is 30.5 Å². The van der Waals surface area contributed by atoms with E-state index in [1.165, 1.54) is 0 Å². The van der Waals surface area contributed by atoms with Gasteiger partial charge >= 0.3 is 13.3 Å². The summed E-state index contributed by atoms with van der Waals surface area (Å²) >= 11 is 0. The molecule has 0 fully saturated rings. The van der Waals surface area contributed by atoms with Crippen molar-refractivity contribution in [2.45, 2.75) is 20.0 Å². The molecule has 0 aromatic heterocycles. The van der Waals surface area contributed by atoms with Crippen molar-refractivity contribution in [1.82, 2.24) is 0 Å². The highest BCUT2D eigenvalue weighted by Crippen LogP contribution is 2.51. The van der Waals surface area contributed by atoms with E-state index in [1.807, 2.05) is 54.6 Å². The second kappa shape index (κ2) is 8.72. The summed E-state index contributed by atoms with van der Waals surface area (Å²) < 4.78 is 23.2. The lowest BCUT2D eigenvalue weighted by Gasteiger charge is -2.16. The minimum absolute atomic E-state index is 0.214. The Balaban J connectivity index is 2.21. The van der Waals surface area contributed by atoms with Gasteiger partial charge < -0.3 is 14.6 Å². The Morgan fingerprint density at radius 2 is 1.50 bits per heavy atom. The predicted octanol–water partition coefficient (Wildman–Crippen LogP) is 4.52. The van der Waals surface area contributed by atoms with E-state index in [9.17, 15) is 10.1 Å². The van der Waals surface area contributed by atoms with Gasteiger partial charge in [0, 0.05) is 0 Å². The largest absolute Gasteiger partial charge is 0.361 e. The van der Waals surface area contributed by atoms with Crippen LogP contribution in [0.5, 0.6) is 0 Å². The van der Waals surface area contributed by atoms with Crippen LogP contribution in [0.2, 0.25) is 0 Å². The molecule has 0 radical (unpaired) electrons. The molecule has 5 nitrogen and oxygen atoms in total. The van der Waals surface area contributed by atoms with Crippen molar-refractivity contribution < 1.29 is 18.4 Å². The third-order valence-corrected chi connectivity index (χ3v) is 5.46. The molecule has 0 aliphatic carbocycles. The van der Waals surface area contributed by atoms with E-state index in [2.05, 4.69) is 4.79 Å². The van der Waals surface area contributed by atoms with Gasteiger partial charge in [-0.25, -0.2) is 0 Å². The molecule has 2 rings (SSSR count). The van der Waals surface area contributed by atoms with E-state index >= 15 is 0 Å². The molecule has 0 aliphatic rings. The van der Waals surface area contributed by atoms with Gasteiger partial charge in [-0.2, -0.15) is 4.79 Å². The number of rotatable bonds is 8. The first-order valence-electron chi connectivity index (χ1n) is 7.86. The van der Waals surface area contributed by atoms with Gasteiger partial charge in [0.15, 0.2) is 0 Å². The Hall–Kier alpha value is -2.03. The topological polar surface area (TPSA) is 71.9 Å². The third-order valence-electron chi connectivity index (χ3n) is 3.40. The lowest BCUT2D eigenvalue weighted by atomic mass is 10.0. The van der Waals surface area contributed by atoms with Crippen LogP contribution in [0.4, 0.5) is 0 Å². The van der Waals surface area contributed by atoms with Crippen LogP contribution in [0.3, 0.4) is 0 Å². The third kappa shape index (κ3) is 4.73. The number of hydrogen-bond acceptors (Lipinski definition) is 3. The average molecular weight is 344 g/mol. The second-order valence-electron chi connectivity index (χ2n) is 5.12. The molecule has 0 atom stereocenters. The fourth-order valence-corrected chi connectivity index (χ4v) is 4.09. The Morgan fingerprint density at radius 3 is 2.00 bits per heavy atom. The van der Waals surface area contributed by atoms with E-state index in [1.54, 1.807) is 13.8 Å². The van der Waals surface area contributed by atoms with Crippen LogP contribution in [0.15, 0.2) is 54.6 Å². The SMILES string of the molecule is CCOP(=O)(Cc1ccc(C(=[N+]=[N-])c2ccccc2)cc1)OCC. The van der Waals surface area contributed by atoms with Gasteiger partial charge in [0.25, 0.3) is 0 Å². The van der Waals surface area contributed by atoms with Gasteiger partial charge in [0.05, 0.1) is 30.5 Å². The Bertz CT molecular complexity index is 744. The first-order chi connectivity index (χ1) is 11.6. The van der Waals surface area contributed by atoms with Gasteiger partial charge in [-0.05, 0) is 43.7 Å². The molecule has 0 unspecified atom stereocenters. The van der Waals surface area contributed by atoms with Crippen LogP contribution < -0.4 is 0 Å². The van der Waals surface area contributed by atoms with Gasteiger partial charge in [0.1, 0.15) is 0 Å². The van der Waals surface area contributed by atoms with Crippen molar-refractivity contribution in [3.8, 4) is 0 Å². The molecule has 0 saturated carbocycles. The first-order valence-corrected chi connectivity index (χ1v) is 9.59. The summed E-state index contributed by atoms with van der Waals surface area (Å²) in [6.07, 6.45) is 0.214. The van der Waals surface area contributed by atoms with Gasteiger partial charge in [-0.1, -0.05) is 30.3 Å². The summed E-state index contributed by atoms with van der Waals surface area (Å²) in [6, 6.07) is 16.8. The van der Waals surface area contributed by atoms with Crippen LogP contribution in [-0.4, -0.2) is 23.7 Å². The molecule has 0 bridgehead atoms. The van der Waals surface area contributed by atoms with Gasteiger partial charge in [-0.3, -0.25) is 4.57 Å². The zero-order chi connectivity index (χ0) is 17.4. The van der Waals surface area contributed by atoms with Crippen LogP contribution in [0.25, 0.3) is 5.53 Å². The lowest BCUT2D eigenvalue weighted by Crippen LogP contribution is -2.05. The Kier molecular flexibility index (Phi) is 6.65. The fourth-order valence-electron chi connectivity index (χ4n) is 2.39. The van der Waals surface area contributed by atoms with E-state index in [4.69, 9.17) is 9.05 Å². The maximum Gasteiger partial charge on any atom is 0.335 e. The maximum absolute atomic E-state index is 12.6. The quantitative estimate of drug-likeness (QED) is 0.306. The molecule has 2 aromatic rings. The number of benzene rings is 2. The fraction of sp³-hybridized carbons (Fsp3) is 0.278. The highest BCUT2D eigenvalue weighted by molar-refractivity contribution is 7.53. The molecular formula is C18H21N2O3P.